The Labute approximate surface area is 183 Å². The van der Waals surface area contributed by atoms with Gasteiger partial charge in [-0.15, -0.1) is 0 Å². The second-order valence-electron chi connectivity index (χ2n) is 7.01. The van der Waals surface area contributed by atoms with Crippen LogP contribution < -0.4 is 24.8 Å². The molecule has 0 radical (unpaired) electrons. The van der Waals surface area contributed by atoms with E-state index in [9.17, 15) is 0 Å². The van der Waals surface area contributed by atoms with E-state index in [0.29, 0.717) is 30.3 Å². The lowest BCUT2D eigenvalue weighted by Crippen LogP contribution is -2.38. The van der Waals surface area contributed by atoms with Gasteiger partial charge in [0.1, 0.15) is 17.9 Å². The molecule has 0 atom stereocenters. The van der Waals surface area contributed by atoms with E-state index in [-0.39, 0.29) is 0 Å². The quantitative estimate of drug-likeness (QED) is 0.398. The molecule has 0 amide bonds. The molecule has 3 rings (SSSR count). The van der Waals surface area contributed by atoms with E-state index in [2.05, 4.69) is 23.6 Å². The number of aryl methyl sites for hydroxylation is 1. The molecule has 0 spiro atoms. The number of nitrogens with zero attached hydrogens (tertiary/aromatic N) is 1. The van der Waals surface area contributed by atoms with E-state index in [1.807, 2.05) is 37.3 Å². The molecule has 31 heavy (non-hydrogen) atoms. The number of benzene rings is 2. The summed E-state index contributed by atoms with van der Waals surface area (Å²) in [4.78, 5) is 4.70. The first kappa shape index (κ1) is 22.3. The van der Waals surface area contributed by atoms with Crippen LogP contribution >= 0.6 is 0 Å². The van der Waals surface area contributed by atoms with Gasteiger partial charge < -0.3 is 29.3 Å². The van der Waals surface area contributed by atoms with Gasteiger partial charge in [-0.3, -0.25) is 0 Å². The topological polar surface area (TPSA) is 77.3 Å². The van der Waals surface area contributed by atoms with Crippen LogP contribution in [0.25, 0.3) is 11.0 Å². The van der Waals surface area contributed by atoms with Gasteiger partial charge in [-0.1, -0.05) is 24.3 Å². The van der Waals surface area contributed by atoms with Crippen molar-refractivity contribution in [2.24, 2.45) is 4.99 Å². The maximum atomic E-state index is 5.97. The minimum atomic E-state index is 0.468. The van der Waals surface area contributed by atoms with Gasteiger partial charge in [0.15, 0.2) is 17.5 Å². The van der Waals surface area contributed by atoms with Gasteiger partial charge in [-0.05, 0) is 32.4 Å². The van der Waals surface area contributed by atoms with Crippen LogP contribution in [0.3, 0.4) is 0 Å². The standard InChI is InChI=1S/C24H31N3O4/c1-6-25-24(27-15-21-16(2)18-9-7-8-10-19(18)31-21)26-14-13-17-11-12-20(28-3)23(30-5)22(17)29-4/h7-12H,6,13-15H2,1-5H3,(H2,25,26,27). The second-order valence-corrected chi connectivity index (χ2v) is 7.01. The maximum absolute atomic E-state index is 5.97. The van der Waals surface area contributed by atoms with Crippen LogP contribution in [0.4, 0.5) is 0 Å². The number of hydrogen-bond donors (Lipinski definition) is 2. The van der Waals surface area contributed by atoms with Crippen LogP contribution in [0.2, 0.25) is 0 Å². The zero-order valence-corrected chi connectivity index (χ0v) is 18.9. The summed E-state index contributed by atoms with van der Waals surface area (Å²) < 4.78 is 22.4. The van der Waals surface area contributed by atoms with Crippen molar-refractivity contribution in [3.63, 3.8) is 0 Å². The predicted octanol–water partition coefficient (Wildman–Crippen LogP) is 4.06. The maximum Gasteiger partial charge on any atom is 0.203 e. The summed E-state index contributed by atoms with van der Waals surface area (Å²) in [7, 11) is 4.86. The number of furan rings is 1. The number of methoxy groups -OCH3 is 3. The molecule has 1 aromatic heterocycles. The van der Waals surface area contributed by atoms with Gasteiger partial charge in [0, 0.05) is 29.6 Å². The van der Waals surface area contributed by atoms with Gasteiger partial charge in [0.25, 0.3) is 0 Å². The Hall–Kier alpha value is -3.35. The lowest BCUT2D eigenvalue weighted by atomic mass is 10.1. The van der Waals surface area contributed by atoms with Crippen molar-refractivity contribution in [1.29, 1.82) is 0 Å². The fourth-order valence-electron chi connectivity index (χ4n) is 3.54. The zero-order valence-electron chi connectivity index (χ0n) is 18.9. The van der Waals surface area contributed by atoms with E-state index in [1.165, 1.54) is 0 Å². The average Bonchev–Trinajstić information content (AvgIpc) is 3.12. The van der Waals surface area contributed by atoms with Crippen LogP contribution in [0.5, 0.6) is 17.2 Å². The number of para-hydroxylation sites is 1. The third kappa shape index (κ3) is 5.05. The molecule has 0 bridgehead atoms. The molecule has 2 N–H and O–H groups in total. The number of nitrogens with one attached hydrogen (secondary N) is 2. The molecule has 0 saturated carbocycles. The molecule has 7 nitrogen and oxygen atoms in total. The Kier molecular flexibility index (Phi) is 7.65. The Balaban J connectivity index is 1.69. The average molecular weight is 426 g/mol. The third-order valence-electron chi connectivity index (χ3n) is 5.14. The minimum Gasteiger partial charge on any atom is -0.493 e. The van der Waals surface area contributed by atoms with Crippen molar-refractivity contribution >= 4 is 16.9 Å². The highest BCUT2D eigenvalue weighted by Gasteiger charge is 2.15. The summed E-state index contributed by atoms with van der Waals surface area (Å²) in [5.41, 5.74) is 3.05. The summed E-state index contributed by atoms with van der Waals surface area (Å²) in [6.07, 6.45) is 0.734. The largest absolute Gasteiger partial charge is 0.493 e. The smallest absolute Gasteiger partial charge is 0.203 e. The summed E-state index contributed by atoms with van der Waals surface area (Å²) in [6.45, 7) is 6.03. The molecule has 166 valence electrons. The number of hydrogen-bond acceptors (Lipinski definition) is 5. The van der Waals surface area contributed by atoms with Crippen molar-refractivity contribution in [2.75, 3.05) is 34.4 Å². The van der Waals surface area contributed by atoms with E-state index >= 15 is 0 Å². The molecule has 0 aliphatic heterocycles. The Morgan fingerprint density at radius 2 is 1.74 bits per heavy atom. The van der Waals surface area contributed by atoms with E-state index < -0.39 is 0 Å². The molecular weight excluding hydrogens is 394 g/mol. The Morgan fingerprint density at radius 1 is 0.968 bits per heavy atom. The molecule has 3 aromatic rings. The van der Waals surface area contributed by atoms with E-state index in [0.717, 1.165) is 46.8 Å². The van der Waals surface area contributed by atoms with Crippen LogP contribution in [-0.2, 0) is 13.0 Å². The molecule has 0 saturated heterocycles. The molecule has 0 unspecified atom stereocenters. The molecule has 2 aromatic carbocycles. The fraction of sp³-hybridized carbons (Fsp3) is 0.375. The molecular formula is C24H31N3O4. The van der Waals surface area contributed by atoms with Crippen LogP contribution in [-0.4, -0.2) is 40.4 Å². The number of aliphatic imine (C=N–C) groups is 1. The van der Waals surface area contributed by atoms with Crippen molar-refractivity contribution in [2.45, 2.75) is 26.8 Å². The van der Waals surface area contributed by atoms with Gasteiger partial charge in [-0.2, -0.15) is 0 Å². The lowest BCUT2D eigenvalue weighted by molar-refractivity contribution is 0.322. The minimum absolute atomic E-state index is 0.468. The zero-order chi connectivity index (χ0) is 22.2. The Morgan fingerprint density at radius 3 is 2.42 bits per heavy atom. The first-order valence-electron chi connectivity index (χ1n) is 10.4. The van der Waals surface area contributed by atoms with E-state index in [1.54, 1.807) is 21.3 Å². The van der Waals surface area contributed by atoms with Crippen LogP contribution in [0, 0.1) is 6.92 Å². The molecule has 0 aliphatic rings. The highest BCUT2D eigenvalue weighted by molar-refractivity contribution is 5.82. The van der Waals surface area contributed by atoms with Gasteiger partial charge in [0.05, 0.1) is 21.3 Å². The lowest BCUT2D eigenvalue weighted by Gasteiger charge is -2.16. The summed E-state index contributed by atoms with van der Waals surface area (Å²) >= 11 is 0. The van der Waals surface area contributed by atoms with E-state index in [4.69, 9.17) is 23.6 Å². The van der Waals surface area contributed by atoms with Crippen molar-refractivity contribution < 1.29 is 18.6 Å². The third-order valence-corrected chi connectivity index (χ3v) is 5.14. The van der Waals surface area contributed by atoms with Gasteiger partial charge in [0.2, 0.25) is 5.75 Å². The summed E-state index contributed by atoms with van der Waals surface area (Å²) in [5.74, 6) is 3.54. The second kappa shape index (κ2) is 10.6. The predicted molar refractivity (Wildman–Crippen MR) is 124 cm³/mol. The summed E-state index contributed by atoms with van der Waals surface area (Å²) in [6, 6.07) is 11.9. The molecule has 1 heterocycles. The van der Waals surface area contributed by atoms with Gasteiger partial charge >= 0.3 is 0 Å². The molecule has 0 fully saturated rings. The Bertz CT molecular complexity index is 1040. The molecule has 7 heteroatoms. The highest BCUT2D eigenvalue weighted by atomic mass is 16.5. The number of guanidine groups is 1. The van der Waals surface area contributed by atoms with Crippen LogP contribution in [0.1, 0.15) is 23.8 Å². The SMILES string of the molecule is CCNC(=NCc1oc2ccccc2c1C)NCCc1ccc(OC)c(OC)c1OC. The first-order valence-corrected chi connectivity index (χ1v) is 10.4. The van der Waals surface area contributed by atoms with Crippen LogP contribution in [0.15, 0.2) is 45.8 Å². The van der Waals surface area contributed by atoms with Gasteiger partial charge in [-0.25, -0.2) is 4.99 Å². The number of rotatable bonds is 9. The van der Waals surface area contributed by atoms with Crippen molar-refractivity contribution in [1.82, 2.24) is 10.6 Å². The normalized spacial score (nSPS) is 11.5. The number of ether oxygens (including phenoxy) is 3. The fourth-order valence-corrected chi connectivity index (χ4v) is 3.54. The summed E-state index contributed by atoms with van der Waals surface area (Å²) in [5, 5.41) is 7.79. The molecule has 0 aliphatic carbocycles. The highest BCUT2D eigenvalue weighted by Crippen LogP contribution is 2.39. The number of fused-ring (bicyclic) bond motifs is 1. The van der Waals surface area contributed by atoms with Crippen molar-refractivity contribution in [3.05, 3.63) is 53.3 Å². The first-order chi connectivity index (χ1) is 15.1. The monoisotopic (exact) mass is 425 g/mol. The van der Waals surface area contributed by atoms with Crippen molar-refractivity contribution in [3.8, 4) is 17.2 Å².